The second-order valence-corrected chi connectivity index (χ2v) is 10.1. The summed E-state index contributed by atoms with van der Waals surface area (Å²) in [7, 11) is -1.86. The molecule has 0 atom stereocenters. The zero-order valence-corrected chi connectivity index (χ0v) is 18.5. The van der Waals surface area contributed by atoms with Gasteiger partial charge in [-0.25, -0.2) is 13.6 Å². The first kappa shape index (κ1) is 21.8. The second kappa shape index (κ2) is 9.73. The van der Waals surface area contributed by atoms with Gasteiger partial charge in [0, 0.05) is 30.4 Å². The van der Waals surface area contributed by atoms with Crippen molar-refractivity contribution < 1.29 is 8.42 Å². The van der Waals surface area contributed by atoms with Crippen LogP contribution in [0.5, 0.6) is 0 Å². The van der Waals surface area contributed by atoms with Crippen LogP contribution in [0.4, 0.5) is 0 Å². The predicted octanol–water partition coefficient (Wildman–Crippen LogP) is 3.01. The topological polar surface area (TPSA) is 96.6 Å². The number of guanidine groups is 1. The van der Waals surface area contributed by atoms with E-state index in [1.54, 1.807) is 31.3 Å². The smallest absolute Gasteiger partial charge is 0.238 e. The first-order valence-electron chi connectivity index (χ1n) is 10.0. The Balaban J connectivity index is 1.53. The Morgan fingerprint density at radius 1 is 1.14 bits per heavy atom. The standard InChI is InChI=1S/C21H30N4O2S2/c1-23-20(24-14-11-17-7-9-18(10-8-17)29(22,26)27)25-16-21(12-3-2-4-13-21)19-6-5-15-28-19/h5-10,15H,2-4,11-14,16H2,1H3,(H2,22,26,27)(H2,23,24,25). The minimum absolute atomic E-state index is 0.137. The molecule has 0 unspecified atom stereocenters. The molecule has 3 rings (SSSR count). The van der Waals surface area contributed by atoms with Crippen molar-refractivity contribution in [2.75, 3.05) is 20.1 Å². The summed E-state index contributed by atoms with van der Waals surface area (Å²) < 4.78 is 22.7. The summed E-state index contributed by atoms with van der Waals surface area (Å²) in [5.74, 6) is 0.799. The van der Waals surface area contributed by atoms with Crippen LogP contribution in [0.25, 0.3) is 0 Å². The molecule has 29 heavy (non-hydrogen) atoms. The lowest BCUT2D eigenvalue weighted by Gasteiger charge is -2.37. The maximum absolute atomic E-state index is 11.3. The molecular formula is C21H30N4O2S2. The van der Waals surface area contributed by atoms with Crippen molar-refractivity contribution in [3.05, 3.63) is 52.2 Å². The molecule has 0 aliphatic heterocycles. The van der Waals surface area contributed by atoms with E-state index in [9.17, 15) is 8.42 Å². The molecule has 158 valence electrons. The van der Waals surface area contributed by atoms with Crippen LogP contribution in [0.15, 0.2) is 51.7 Å². The quantitative estimate of drug-likeness (QED) is 0.461. The fourth-order valence-corrected chi connectivity index (χ4v) is 5.47. The van der Waals surface area contributed by atoms with Gasteiger partial charge in [0.2, 0.25) is 10.0 Å². The van der Waals surface area contributed by atoms with E-state index in [1.165, 1.54) is 37.0 Å². The van der Waals surface area contributed by atoms with E-state index in [4.69, 9.17) is 5.14 Å². The van der Waals surface area contributed by atoms with E-state index in [0.29, 0.717) is 6.54 Å². The van der Waals surface area contributed by atoms with E-state index in [0.717, 1.165) is 24.5 Å². The Bertz CT molecular complexity index is 901. The Hall–Kier alpha value is -1.90. The number of hydrogen-bond acceptors (Lipinski definition) is 4. The molecule has 1 aliphatic carbocycles. The summed E-state index contributed by atoms with van der Waals surface area (Å²) in [5.41, 5.74) is 1.25. The van der Waals surface area contributed by atoms with Gasteiger partial charge < -0.3 is 10.6 Å². The van der Waals surface area contributed by atoms with Crippen LogP contribution in [0.2, 0.25) is 0 Å². The highest BCUT2D eigenvalue weighted by atomic mass is 32.2. The molecule has 1 saturated carbocycles. The highest BCUT2D eigenvalue weighted by Crippen LogP contribution is 2.41. The van der Waals surface area contributed by atoms with Gasteiger partial charge in [-0.15, -0.1) is 11.3 Å². The number of aliphatic imine (C=N–C) groups is 1. The largest absolute Gasteiger partial charge is 0.356 e. The van der Waals surface area contributed by atoms with Gasteiger partial charge in [0.15, 0.2) is 5.96 Å². The molecule has 4 N–H and O–H groups in total. The summed E-state index contributed by atoms with van der Waals surface area (Å²) >= 11 is 1.85. The molecule has 8 heteroatoms. The molecule has 1 fully saturated rings. The predicted molar refractivity (Wildman–Crippen MR) is 120 cm³/mol. The van der Waals surface area contributed by atoms with E-state index >= 15 is 0 Å². The third-order valence-corrected chi connectivity index (χ3v) is 7.68. The van der Waals surface area contributed by atoms with E-state index in [-0.39, 0.29) is 10.3 Å². The lowest BCUT2D eigenvalue weighted by molar-refractivity contribution is 0.296. The minimum atomic E-state index is -3.64. The molecule has 0 amide bonds. The SMILES string of the molecule is CN=C(NCCc1ccc(S(N)(=O)=O)cc1)NCC1(c2cccs2)CCCCC1. The number of nitrogens with one attached hydrogen (secondary N) is 2. The summed E-state index contributed by atoms with van der Waals surface area (Å²) in [5, 5.41) is 14.2. The number of nitrogens with two attached hydrogens (primary N) is 1. The average Bonchev–Trinajstić information content (AvgIpc) is 3.26. The van der Waals surface area contributed by atoms with E-state index in [2.05, 4.69) is 33.1 Å². The van der Waals surface area contributed by atoms with Crippen LogP contribution in [-0.4, -0.2) is 34.5 Å². The van der Waals surface area contributed by atoms with Crippen molar-refractivity contribution in [3.8, 4) is 0 Å². The maximum Gasteiger partial charge on any atom is 0.238 e. The van der Waals surface area contributed by atoms with Gasteiger partial charge in [-0.05, 0) is 48.4 Å². The maximum atomic E-state index is 11.3. The molecular weight excluding hydrogens is 404 g/mol. The summed E-state index contributed by atoms with van der Waals surface area (Å²) in [6, 6.07) is 11.1. The molecule has 1 aromatic carbocycles. The zero-order chi connectivity index (χ0) is 20.7. The number of benzene rings is 1. The zero-order valence-electron chi connectivity index (χ0n) is 16.9. The van der Waals surface area contributed by atoms with E-state index < -0.39 is 10.0 Å². The normalized spacial score (nSPS) is 17.1. The van der Waals surface area contributed by atoms with Crippen molar-refractivity contribution in [1.82, 2.24) is 10.6 Å². The van der Waals surface area contributed by atoms with E-state index in [1.807, 2.05) is 11.3 Å². The van der Waals surface area contributed by atoms with Gasteiger partial charge in [0.1, 0.15) is 0 Å². The Morgan fingerprint density at radius 3 is 2.45 bits per heavy atom. The molecule has 0 radical (unpaired) electrons. The fourth-order valence-electron chi connectivity index (χ4n) is 3.96. The number of nitrogens with zero attached hydrogens (tertiary/aromatic N) is 1. The number of hydrogen-bond donors (Lipinski definition) is 3. The van der Waals surface area contributed by atoms with Crippen molar-refractivity contribution in [2.45, 2.75) is 48.8 Å². The first-order chi connectivity index (χ1) is 13.9. The van der Waals surface area contributed by atoms with Gasteiger partial charge in [0.05, 0.1) is 4.90 Å². The van der Waals surface area contributed by atoms with Crippen molar-refractivity contribution in [1.29, 1.82) is 0 Å². The highest BCUT2D eigenvalue weighted by Gasteiger charge is 2.34. The number of thiophene rings is 1. The van der Waals surface area contributed by atoms with Gasteiger partial charge in [-0.2, -0.15) is 0 Å². The summed E-state index contributed by atoms with van der Waals surface area (Å²) in [6.07, 6.45) is 7.08. The molecule has 1 aromatic heterocycles. The Morgan fingerprint density at radius 2 is 1.86 bits per heavy atom. The lowest BCUT2D eigenvalue weighted by Crippen LogP contribution is -2.46. The molecule has 6 nitrogen and oxygen atoms in total. The third-order valence-electron chi connectivity index (χ3n) is 5.63. The van der Waals surface area contributed by atoms with Gasteiger partial charge in [-0.3, -0.25) is 4.99 Å². The van der Waals surface area contributed by atoms with Crippen molar-refractivity contribution in [2.24, 2.45) is 10.1 Å². The number of sulfonamides is 1. The fraction of sp³-hybridized carbons (Fsp3) is 0.476. The van der Waals surface area contributed by atoms with Crippen LogP contribution in [0.3, 0.4) is 0 Å². The van der Waals surface area contributed by atoms with Crippen LogP contribution in [0, 0.1) is 0 Å². The van der Waals surface area contributed by atoms with Gasteiger partial charge >= 0.3 is 0 Å². The average molecular weight is 435 g/mol. The minimum Gasteiger partial charge on any atom is -0.356 e. The Labute approximate surface area is 177 Å². The number of rotatable bonds is 7. The highest BCUT2D eigenvalue weighted by molar-refractivity contribution is 7.89. The van der Waals surface area contributed by atoms with Crippen LogP contribution >= 0.6 is 11.3 Å². The van der Waals surface area contributed by atoms with Gasteiger partial charge in [0.25, 0.3) is 0 Å². The monoisotopic (exact) mass is 434 g/mol. The van der Waals surface area contributed by atoms with Crippen molar-refractivity contribution >= 4 is 27.3 Å². The molecule has 0 bridgehead atoms. The summed E-state index contributed by atoms with van der Waals surface area (Å²) in [6.45, 7) is 1.59. The lowest BCUT2D eigenvalue weighted by atomic mass is 9.73. The first-order valence-corrected chi connectivity index (χ1v) is 12.5. The third kappa shape index (κ3) is 5.81. The molecule has 0 saturated heterocycles. The van der Waals surface area contributed by atoms with Crippen molar-refractivity contribution in [3.63, 3.8) is 0 Å². The molecule has 1 heterocycles. The molecule has 2 aromatic rings. The summed E-state index contributed by atoms with van der Waals surface area (Å²) in [4.78, 5) is 5.97. The van der Waals surface area contributed by atoms with Crippen LogP contribution in [0.1, 0.15) is 42.5 Å². The number of primary sulfonamides is 1. The van der Waals surface area contributed by atoms with Crippen LogP contribution in [-0.2, 0) is 21.9 Å². The molecule has 1 aliphatic rings. The van der Waals surface area contributed by atoms with Gasteiger partial charge in [-0.1, -0.05) is 37.5 Å². The molecule has 0 spiro atoms. The second-order valence-electron chi connectivity index (χ2n) is 7.61. The van der Waals surface area contributed by atoms with Crippen LogP contribution < -0.4 is 15.8 Å². The Kier molecular flexibility index (Phi) is 7.32.